The first-order valence-corrected chi connectivity index (χ1v) is 7.56. The van der Waals surface area contributed by atoms with Gasteiger partial charge in [-0.1, -0.05) is 60.1 Å². The molecule has 106 valence electrons. The number of halogens is 2. The summed E-state index contributed by atoms with van der Waals surface area (Å²) >= 11 is 3.37. The molecule has 2 aromatic rings. The Kier molecular flexibility index (Phi) is 4.95. The van der Waals surface area contributed by atoms with Crippen molar-refractivity contribution in [1.82, 2.24) is 0 Å². The maximum atomic E-state index is 13.9. The van der Waals surface area contributed by atoms with Crippen molar-refractivity contribution < 1.29 is 4.39 Å². The van der Waals surface area contributed by atoms with Gasteiger partial charge in [-0.3, -0.25) is 0 Å². The second-order valence-corrected chi connectivity index (χ2v) is 6.31. The summed E-state index contributed by atoms with van der Waals surface area (Å²) in [4.78, 5) is 0. The van der Waals surface area contributed by atoms with Crippen LogP contribution in [-0.4, -0.2) is 0 Å². The fraction of sp³-hybridized carbons (Fsp3) is 0.294. The number of nitrogens with two attached hydrogens (primary N) is 1. The van der Waals surface area contributed by atoms with E-state index < -0.39 is 6.04 Å². The van der Waals surface area contributed by atoms with Crippen LogP contribution in [0.2, 0.25) is 0 Å². The smallest absolute Gasteiger partial charge is 0.129 e. The Bertz CT molecular complexity index is 558. The molecule has 0 radical (unpaired) electrons. The lowest BCUT2D eigenvalue weighted by molar-refractivity contribution is 0.597. The van der Waals surface area contributed by atoms with Gasteiger partial charge in [0.05, 0.1) is 6.04 Å². The minimum atomic E-state index is -0.460. The molecule has 0 amide bonds. The summed E-state index contributed by atoms with van der Waals surface area (Å²) in [5, 5.41) is 0. The predicted molar refractivity (Wildman–Crippen MR) is 85.1 cm³/mol. The lowest BCUT2D eigenvalue weighted by Gasteiger charge is -2.16. The highest BCUT2D eigenvalue weighted by Gasteiger charge is 2.16. The van der Waals surface area contributed by atoms with Crippen molar-refractivity contribution in [2.75, 3.05) is 0 Å². The zero-order chi connectivity index (χ0) is 14.7. The minimum absolute atomic E-state index is 0.280. The van der Waals surface area contributed by atoms with Crippen molar-refractivity contribution in [3.05, 3.63) is 69.4 Å². The van der Waals surface area contributed by atoms with Crippen LogP contribution in [0.25, 0.3) is 0 Å². The van der Waals surface area contributed by atoms with E-state index in [1.807, 2.05) is 18.2 Å². The number of hydrogen-bond acceptors (Lipinski definition) is 1. The van der Waals surface area contributed by atoms with E-state index in [9.17, 15) is 4.39 Å². The average molecular weight is 336 g/mol. The maximum Gasteiger partial charge on any atom is 0.129 e. The van der Waals surface area contributed by atoms with Gasteiger partial charge in [-0.15, -0.1) is 0 Å². The first-order valence-electron chi connectivity index (χ1n) is 6.77. The lowest BCUT2D eigenvalue weighted by atomic mass is 9.96. The molecule has 0 heterocycles. The van der Waals surface area contributed by atoms with Crippen LogP contribution in [0.5, 0.6) is 0 Å². The largest absolute Gasteiger partial charge is 0.320 e. The summed E-state index contributed by atoms with van der Waals surface area (Å²) in [5.41, 5.74) is 8.90. The Hall–Kier alpha value is -1.19. The normalized spacial score (nSPS) is 12.7. The Morgan fingerprint density at radius 1 is 1.10 bits per heavy atom. The highest BCUT2D eigenvalue weighted by molar-refractivity contribution is 9.10. The average Bonchev–Trinajstić information content (AvgIpc) is 2.38. The molecule has 0 bridgehead atoms. The molecule has 1 unspecified atom stereocenters. The van der Waals surface area contributed by atoms with Gasteiger partial charge < -0.3 is 5.73 Å². The van der Waals surface area contributed by atoms with Gasteiger partial charge in [-0.2, -0.15) is 0 Å². The second kappa shape index (κ2) is 6.51. The Labute approximate surface area is 128 Å². The topological polar surface area (TPSA) is 26.0 Å². The fourth-order valence-electron chi connectivity index (χ4n) is 2.31. The van der Waals surface area contributed by atoms with Crippen LogP contribution in [0.3, 0.4) is 0 Å². The maximum absolute atomic E-state index is 13.9. The first kappa shape index (κ1) is 15.2. The number of benzene rings is 2. The molecule has 0 fully saturated rings. The molecule has 2 rings (SSSR count). The second-order valence-electron chi connectivity index (χ2n) is 5.45. The van der Waals surface area contributed by atoms with E-state index >= 15 is 0 Å². The van der Waals surface area contributed by atoms with E-state index in [0.717, 1.165) is 12.0 Å². The van der Waals surface area contributed by atoms with Crippen LogP contribution in [-0.2, 0) is 6.42 Å². The first-order chi connectivity index (χ1) is 9.49. The highest BCUT2D eigenvalue weighted by Crippen LogP contribution is 2.29. The number of hydrogen-bond donors (Lipinski definition) is 1. The molecular formula is C17H19BrFN. The van der Waals surface area contributed by atoms with E-state index in [1.165, 1.54) is 11.6 Å². The van der Waals surface area contributed by atoms with E-state index in [4.69, 9.17) is 5.73 Å². The zero-order valence-electron chi connectivity index (χ0n) is 11.7. The van der Waals surface area contributed by atoms with Crippen molar-refractivity contribution in [2.24, 2.45) is 11.7 Å². The molecular weight excluding hydrogens is 317 g/mol. The molecule has 0 aromatic heterocycles. The standard InChI is InChI=1S/C17H19BrFN/c1-11(2)10-12-6-8-13(9-7-12)17(20)16-14(18)4-3-5-15(16)19/h3-9,11,17H,10,20H2,1-2H3. The predicted octanol–water partition coefficient (Wildman–Crippen LogP) is 4.83. The Morgan fingerprint density at radius 3 is 2.30 bits per heavy atom. The zero-order valence-corrected chi connectivity index (χ0v) is 13.3. The summed E-state index contributed by atoms with van der Waals surface area (Å²) in [6.45, 7) is 4.38. The summed E-state index contributed by atoms with van der Waals surface area (Å²) < 4.78 is 14.6. The van der Waals surface area contributed by atoms with Crippen LogP contribution in [0.15, 0.2) is 46.9 Å². The van der Waals surface area contributed by atoms with Crippen LogP contribution in [0, 0.1) is 11.7 Å². The van der Waals surface area contributed by atoms with Gasteiger partial charge in [-0.05, 0) is 35.6 Å². The molecule has 1 atom stereocenters. The van der Waals surface area contributed by atoms with Crippen molar-refractivity contribution in [2.45, 2.75) is 26.3 Å². The summed E-state index contributed by atoms with van der Waals surface area (Å²) in [6.07, 6.45) is 1.04. The van der Waals surface area contributed by atoms with Gasteiger partial charge in [0.2, 0.25) is 0 Å². The summed E-state index contributed by atoms with van der Waals surface area (Å²) in [7, 11) is 0. The van der Waals surface area contributed by atoms with Gasteiger partial charge >= 0.3 is 0 Å². The van der Waals surface area contributed by atoms with Gasteiger partial charge in [0, 0.05) is 10.0 Å². The molecule has 3 heteroatoms. The molecule has 0 aliphatic heterocycles. The van der Waals surface area contributed by atoms with Crippen molar-refractivity contribution >= 4 is 15.9 Å². The third-order valence-electron chi connectivity index (χ3n) is 3.29. The van der Waals surface area contributed by atoms with E-state index in [0.29, 0.717) is 16.0 Å². The molecule has 0 saturated heterocycles. The molecule has 0 aliphatic carbocycles. The molecule has 1 nitrogen and oxygen atoms in total. The van der Waals surface area contributed by atoms with E-state index in [-0.39, 0.29) is 5.82 Å². The van der Waals surface area contributed by atoms with Crippen molar-refractivity contribution in [3.8, 4) is 0 Å². The summed E-state index contributed by atoms with van der Waals surface area (Å²) in [6, 6.07) is 12.6. The third kappa shape index (κ3) is 3.47. The van der Waals surface area contributed by atoms with Crippen molar-refractivity contribution in [1.29, 1.82) is 0 Å². The third-order valence-corrected chi connectivity index (χ3v) is 3.99. The molecule has 2 N–H and O–H groups in total. The molecule has 0 spiro atoms. The monoisotopic (exact) mass is 335 g/mol. The molecule has 0 aliphatic rings. The quantitative estimate of drug-likeness (QED) is 0.850. The van der Waals surface area contributed by atoms with Crippen molar-refractivity contribution in [3.63, 3.8) is 0 Å². The van der Waals surface area contributed by atoms with Crippen LogP contribution in [0.1, 0.15) is 36.6 Å². The number of rotatable bonds is 4. The van der Waals surface area contributed by atoms with Gasteiger partial charge in [0.25, 0.3) is 0 Å². The molecule has 2 aromatic carbocycles. The minimum Gasteiger partial charge on any atom is -0.320 e. The fourth-order valence-corrected chi connectivity index (χ4v) is 2.90. The SMILES string of the molecule is CC(C)Cc1ccc(C(N)c2c(F)cccc2Br)cc1. The Balaban J connectivity index is 2.27. The molecule has 0 saturated carbocycles. The Morgan fingerprint density at radius 2 is 1.75 bits per heavy atom. The summed E-state index contributed by atoms with van der Waals surface area (Å²) in [5.74, 6) is 0.341. The van der Waals surface area contributed by atoms with Crippen LogP contribution < -0.4 is 5.73 Å². The van der Waals surface area contributed by atoms with Crippen LogP contribution in [0.4, 0.5) is 4.39 Å². The van der Waals surface area contributed by atoms with Gasteiger partial charge in [0.15, 0.2) is 0 Å². The van der Waals surface area contributed by atoms with Gasteiger partial charge in [-0.25, -0.2) is 4.39 Å². The van der Waals surface area contributed by atoms with Crippen LogP contribution >= 0.6 is 15.9 Å². The highest BCUT2D eigenvalue weighted by atomic mass is 79.9. The van der Waals surface area contributed by atoms with Gasteiger partial charge in [0.1, 0.15) is 5.82 Å². The van der Waals surface area contributed by atoms with E-state index in [2.05, 4.69) is 41.9 Å². The lowest BCUT2D eigenvalue weighted by Crippen LogP contribution is -2.14. The molecule has 20 heavy (non-hydrogen) atoms. The van der Waals surface area contributed by atoms with E-state index in [1.54, 1.807) is 6.07 Å².